The van der Waals surface area contributed by atoms with Crippen molar-refractivity contribution in [3.63, 3.8) is 0 Å². The molecule has 0 spiro atoms. The maximum Gasteiger partial charge on any atom is 0.162 e. The minimum Gasteiger partial charge on any atom is -0.493 e. The Balaban J connectivity index is 1.95. The van der Waals surface area contributed by atoms with E-state index >= 15 is 0 Å². The molecule has 0 N–H and O–H groups in total. The molecule has 1 atom stereocenters. The normalized spacial score (nSPS) is 16.1. The second-order valence-electron chi connectivity index (χ2n) is 5.93. The number of benzene rings is 1. The first-order valence-electron chi connectivity index (χ1n) is 7.97. The average molecular weight is 314 g/mol. The van der Waals surface area contributed by atoms with Gasteiger partial charge in [0.05, 0.1) is 19.7 Å². The van der Waals surface area contributed by atoms with E-state index in [1.165, 1.54) is 5.69 Å². The molecule has 0 amide bonds. The predicted molar refractivity (Wildman–Crippen MR) is 93.5 cm³/mol. The van der Waals surface area contributed by atoms with Crippen molar-refractivity contribution in [1.29, 1.82) is 0 Å². The second-order valence-corrected chi connectivity index (χ2v) is 5.93. The Hall–Kier alpha value is -2.01. The Kier molecular flexibility index (Phi) is 4.57. The lowest BCUT2D eigenvalue weighted by Crippen LogP contribution is -2.49. The van der Waals surface area contributed by atoms with Gasteiger partial charge in [-0.3, -0.25) is 9.88 Å². The topological polar surface area (TPSA) is 37.8 Å². The molecule has 0 bridgehead atoms. The fourth-order valence-corrected chi connectivity index (χ4v) is 3.14. The highest BCUT2D eigenvalue weighted by molar-refractivity contribution is 5.94. The fourth-order valence-electron chi connectivity index (χ4n) is 3.14. The highest BCUT2D eigenvalue weighted by Gasteiger charge is 2.21. The van der Waals surface area contributed by atoms with Crippen molar-refractivity contribution < 1.29 is 9.47 Å². The van der Waals surface area contributed by atoms with Crippen molar-refractivity contribution in [3.05, 3.63) is 31.3 Å². The highest BCUT2D eigenvalue weighted by Crippen LogP contribution is 2.35. The van der Waals surface area contributed by atoms with Crippen molar-refractivity contribution in [2.45, 2.75) is 13.0 Å². The summed E-state index contributed by atoms with van der Waals surface area (Å²) in [7, 11) is 3.31. The van der Waals surface area contributed by atoms with Gasteiger partial charge in [-0.25, -0.2) is 0 Å². The highest BCUT2D eigenvalue weighted by atomic mass is 16.5. The number of hydrogen-bond donors (Lipinski definition) is 0. The van der Waals surface area contributed by atoms with Gasteiger partial charge in [-0.05, 0) is 26.0 Å². The van der Waals surface area contributed by atoms with Gasteiger partial charge in [0, 0.05) is 55.6 Å². The molecule has 1 aromatic heterocycles. The molecule has 23 heavy (non-hydrogen) atoms. The smallest absolute Gasteiger partial charge is 0.162 e. The van der Waals surface area contributed by atoms with Gasteiger partial charge in [0.1, 0.15) is 0 Å². The standard InChI is InChI=1S/C18H24N3O2/c1-13(2)20-7-9-21(10-8-20)16-5-6-19-15-12-18(23-4)17(22-3)11-14(15)16/h5-6,11-13H,1,7-10H2,2-4H3. The molecule has 1 fully saturated rings. The number of piperazine rings is 1. The molecular formula is C18H24N3O2. The molecule has 1 saturated heterocycles. The van der Waals surface area contributed by atoms with Crippen LogP contribution < -0.4 is 14.4 Å². The Morgan fingerprint density at radius 3 is 2.35 bits per heavy atom. The second kappa shape index (κ2) is 6.62. The van der Waals surface area contributed by atoms with Gasteiger partial charge < -0.3 is 14.4 Å². The van der Waals surface area contributed by atoms with Gasteiger partial charge in [-0.15, -0.1) is 0 Å². The number of anilines is 1. The van der Waals surface area contributed by atoms with Crippen LogP contribution in [-0.4, -0.2) is 56.3 Å². The van der Waals surface area contributed by atoms with Crippen molar-refractivity contribution in [1.82, 2.24) is 9.88 Å². The lowest BCUT2D eigenvalue weighted by molar-refractivity contribution is 0.226. The third-order valence-electron chi connectivity index (χ3n) is 4.50. The summed E-state index contributed by atoms with van der Waals surface area (Å²) in [6.07, 6.45) is 1.86. The summed E-state index contributed by atoms with van der Waals surface area (Å²) < 4.78 is 10.8. The van der Waals surface area contributed by atoms with Crippen LogP contribution in [0.1, 0.15) is 6.92 Å². The molecule has 0 aliphatic carbocycles. The summed E-state index contributed by atoms with van der Waals surface area (Å²) in [4.78, 5) is 9.30. The monoisotopic (exact) mass is 314 g/mol. The molecule has 2 aromatic rings. The third-order valence-corrected chi connectivity index (χ3v) is 4.50. The number of nitrogens with zero attached hydrogens (tertiary/aromatic N) is 3. The van der Waals surface area contributed by atoms with Crippen LogP contribution in [0.15, 0.2) is 24.4 Å². The van der Waals surface area contributed by atoms with Crippen molar-refractivity contribution >= 4 is 16.6 Å². The first-order valence-corrected chi connectivity index (χ1v) is 7.97. The number of aromatic nitrogens is 1. The van der Waals surface area contributed by atoms with E-state index in [9.17, 15) is 0 Å². The molecule has 3 rings (SSSR count). The molecule has 123 valence electrons. The van der Waals surface area contributed by atoms with Gasteiger partial charge in [0.2, 0.25) is 0 Å². The van der Waals surface area contributed by atoms with Crippen LogP contribution in [0.25, 0.3) is 10.9 Å². The number of hydrogen-bond acceptors (Lipinski definition) is 5. The van der Waals surface area contributed by atoms with Gasteiger partial charge >= 0.3 is 0 Å². The maximum absolute atomic E-state index is 5.45. The van der Waals surface area contributed by atoms with Gasteiger partial charge in [-0.2, -0.15) is 0 Å². The number of pyridine rings is 1. The zero-order valence-electron chi connectivity index (χ0n) is 14.1. The van der Waals surface area contributed by atoms with Crippen molar-refractivity contribution in [3.8, 4) is 11.5 Å². The molecule has 1 aliphatic rings. The van der Waals surface area contributed by atoms with Crippen LogP contribution in [0.5, 0.6) is 11.5 Å². The van der Waals surface area contributed by atoms with E-state index in [1.54, 1.807) is 14.2 Å². The third kappa shape index (κ3) is 3.06. The van der Waals surface area contributed by atoms with E-state index in [0.29, 0.717) is 11.8 Å². The minimum atomic E-state index is 0.357. The van der Waals surface area contributed by atoms with E-state index < -0.39 is 0 Å². The van der Waals surface area contributed by atoms with Crippen LogP contribution in [0.3, 0.4) is 0 Å². The molecule has 1 aliphatic heterocycles. The lowest BCUT2D eigenvalue weighted by atomic mass is 10.1. The summed E-state index contributed by atoms with van der Waals surface area (Å²) in [5, 5.41) is 1.10. The Morgan fingerprint density at radius 1 is 1.09 bits per heavy atom. The van der Waals surface area contributed by atoms with Gasteiger partial charge in [0.15, 0.2) is 11.5 Å². The van der Waals surface area contributed by atoms with Crippen LogP contribution in [0, 0.1) is 6.92 Å². The molecule has 0 saturated carbocycles. The van der Waals surface area contributed by atoms with Crippen LogP contribution in [0.2, 0.25) is 0 Å². The summed E-state index contributed by atoms with van der Waals surface area (Å²) in [6.45, 7) is 10.3. The minimum absolute atomic E-state index is 0.357. The Labute approximate surface area is 137 Å². The lowest BCUT2D eigenvalue weighted by Gasteiger charge is -2.38. The molecule has 5 heteroatoms. The molecule has 1 aromatic carbocycles. The molecule has 2 heterocycles. The summed E-state index contributed by atoms with van der Waals surface area (Å²) in [5.41, 5.74) is 2.13. The SMILES string of the molecule is [CH2]C(C)N1CCN(c2ccnc3cc(OC)c(OC)cc23)CC1. The average Bonchev–Trinajstić information content (AvgIpc) is 2.60. The predicted octanol–water partition coefficient (Wildman–Crippen LogP) is 2.60. The number of fused-ring (bicyclic) bond motifs is 1. The van der Waals surface area contributed by atoms with Crippen LogP contribution in [0.4, 0.5) is 5.69 Å². The fraction of sp³-hybridized carbons (Fsp3) is 0.444. The Morgan fingerprint density at radius 2 is 1.74 bits per heavy atom. The van der Waals surface area contributed by atoms with Gasteiger partial charge in [-0.1, -0.05) is 0 Å². The van der Waals surface area contributed by atoms with E-state index in [4.69, 9.17) is 9.47 Å². The maximum atomic E-state index is 5.45. The molecule has 5 nitrogen and oxygen atoms in total. The van der Waals surface area contributed by atoms with E-state index in [1.807, 2.05) is 18.3 Å². The van der Waals surface area contributed by atoms with Crippen molar-refractivity contribution in [2.24, 2.45) is 0 Å². The molecule has 1 radical (unpaired) electrons. The zero-order valence-corrected chi connectivity index (χ0v) is 14.1. The first-order chi connectivity index (χ1) is 11.1. The Bertz CT molecular complexity index is 679. The van der Waals surface area contributed by atoms with E-state index in [2.05, 4.69) is 34.7 Å². The first kappa shape index (κ1) is 15.9. The largest absolute Gasteiger partial charge is 0.493 e. The molecular weight excluding hydrogens is 290 g/mol. The molecule has 1 unspecified atom stereocenters. The summed E-state index contributed by atoms with van der Waals surface area (Å²) in [6, 6.07) is 6.40. The zero-order chi connectivity index (χ0) is 16.4. The van der Waals surface area contributed by atoms with Gasteiger partial charge in [0.25, 0.3) is 0 Å². The summed E-state index contributed by atoms with van der Waals surface area (Å²) >= 11 is 0. The van der Waals surface area contributed by atoms with Crippen molar-refractivity contribution in [2.75, 3.05) is 45.3 Å². The quantitative estimate of drug-likeness (QED) is 0.867. The number of methoxy groups -OCH3 is 2. The van der Waals surface area contributed by atoms with E-state index in [-0.39, 0.29) is 0 Å². The number of ether oxygens (including phenoxy) is 2. The van der Waals surface area contributed by atoms with Crippen LogP contribution in [-0.2, 0) is 0 Å². The number of rotatable bonds is 4. The van der Waals surface area contributed by atoms with E-state index in [0.717, 1.165) is 42.8 Å². The van der Waals surface area contributed by atoms with Crippen LogP contribution >= 0.6 is 0 Å². The summed E-state index contributed by atoms with van der Waals surface area (Å²) in [5.74, 6) is 1.44.